The van der Waals surface area contributed by atoms with Crippen LogP contribution in [0.2, 0.25) is 0 Å². The Morgan fingerprint density at radius 3 is 1.51 bits per heavy atom. The minimum absolute atomic E-state index is 0.692. The summed E-state index contributed by atoms with van der Waals surface area (Å²) in [7, 11) is 0. The zero-order chi connectivity index (χ0) is 32.6. The number of para-hydroxylation sites is 1. The van der Waals surface area contributed by atoms with E-state index in [2.05, 4.69) is 180 Å². The van der Waals surface area contributed by atoms with Crippen LogP contribution in [0.3, 0.4) is 0 Å². The molecule has 0 aliphatic heterocycles. The molecule has 2 heterocycles. The predicted octanol–water partition coefficient (Wildman–Crippen LogP) is 11.9. The van der Waals surface area contributed by atoms with Crippen LogP contribution < -0.4 is 0 Å². The van der Waals surface area contributed by atoms with Gasteiger partial charge in [0.2, 0.25) is 0 Å². The van der Waals surface area contributed by atoms with Crippen LogP contribution in [-0.2, 0) is 0 Å². The third-order valence-corrected chi connectivity index (χ3v) is 9.19. The molecule has 0 unspecified atom stereocenters. The second-order valence-corrected chi connectivity index (χ2v) is 12.2. The van der Waals surface area contributed by atoms with E-state index in [1.54, 1.807) is 0 Å². The Labute approximate surface area is 285 Å². The summed E-state index contributed by atoms with van der Waals surface area (Å²) in [5, 5.41) is 2.43. The maximum atomic E-state index is 5.14. The number of benzene rings is 7. The van der Waals surface area contributed by atoms with Gasteiger partial charge in [0.15, 0.2) is 5.82 Å². The Hall–Kier alpha value is -6.58. The number of fused-ring (bicyclic) bond motifs is 3. The molecule has 49 heavy (non-hydrogen) atoms. The van der Waals surface area contributed by atoms with E-state index < -0.39 is 0 Å². The molecule has 3 nitrogen and oxygen atoms in total. The maximum absolute atomic E-state index is 5.14. The molecule has 0 saturated carbocycles. The highest BCUT2D eigenvalue weighted by Gasteiger charge is 2.19. The highest BCUT2D eigenvalue weighted by Crippen LogP contribution is 2.41. The van der Waals surface area contributed by atoms with Gasteiger partial charge in [0, 0.05) is 38.7 Å². The first-order valence-electron chi connectivity index (χ1n) is 16.6. The third-order valence-electron chi connectivity index (χ3n) is 9.19. The second kappa shape index (κ2) is 12.2. The summed E-state index contributed by atoms with van der Waals surface area (Å²) in [6, 6.07) is 66.2. The Bertz CT molecular complexity index is 2510. The van der Waals surface area contributed by atoms with Gasteiger partial charge in [0.1, 0.15) is 0 Å². The molecule has 0 saturated heterocycles. The van der Waals surface area contributed by atoms with Gasteiger partial charge in [-0.05, 0) is 53.1 Å². The standard InChI is InChI=1S/C46H31N3/c1-5-16-32(17-6-1)37-29-40(33-18-7-2-8-19-33)45-41(30-37)39-26-13-14-27-44(39)49(45)38-25-15-24-36(28-38)46-47-42(34-20-9-3-10-21-34)31-43(48-46)35-22-11-4-12-23-35/h1-31H. The van der Waals surface area contributed by atoms with Crippen molar-refractivity contribution in [3.05, 3.63) is 188 Å². The molecule has 230 valence electrons. The summed E-state index contributed by atoms with van der Waals surface area (Å²) in [6.07, 6.45) is 0. The summed E-state index contributed by atoms with van der Waals surface area (Å²) in [4.78, 5) is 10.3. The maximum Gasteiger partial charge on any atom is 0.160 e. The van der Waals surface area contributed by atoms with Crippen LogP contribution in [0.1, 0.15) is 0 Å². The van der Waals surface area contributed by atoms with E-state index in [0.29, 0.717) is 5.82 Å². The topological polar surface area (TPSA) is 30.7 Å². The van der Waals surface area contributed by atoms with Crippen LogP contribution in [0.4, 0.5) is 0 Å². The summed E-state index contributed by atoms with van der Waals surface area (Å²) >= 11 is 0. The number of nitrogens with zero attached hydrogens (tertiary/aromatic N) is 3. The molecule has 9 aromatic rings. The monoisotopic (exact) mass is 625 g/mol. The minimum Gasteiger partial charge on any atom is -0.309 e. The Balaban J connectivity index is 1.29. The number of aromatic nitrogens is 3. The van der Waals surface area contributed by atoms with Gasteiger partial charge in [-0.2, -0.15) is 0 Å². The first-order chi connectivity index (χ1) is 24.3. The van der Waals surface area contributed by atoms with Crippen molar-refractivity contribution in [1.29, 1.82) is 0 Å². The molecular weight excluding hydrogens is 595 g/mol. The highest BCUT2D eigenvalue weighted by atomic mass is 15.0. The van der Waals surface area contributed by atoms with Crippen molar-refractivity contribution in [2.24, 2.45) is 0 Å². The molecule has 0 aliphatic carbocycles. The predicted molar refractivity (Wildman–Crippen MR) is 204 cm³/mol. The average Bonchev–Trinajstić information content (AvgIpc) is 3.53. The highest BCUT2D eigenvalue weighted by molar-refractivity contribution is 6.15. The fourth-order valence-electron chi connectivity index (χ4n) is 6.87. The van der Waals surface area contributed by atoms with Gasteiger partial charge in [-0.15, -0.1) is 0 Å². The lowest BCUT2D eigenvalue weighted by atomic mass is 9.95. The molecule has 0 atom stereocenters. The number of rotatable bonds is 6. The molecule has 0 spiro atoms. The smallest absolute Gasteiger partial charge is 0.160 e. The van der Waals surface area contributed by atoms with Crippen LogP contribution >= 0.6 is 0 Å². The summed E-state index contributed by atoms with van der Waals surface area (Å²) < 4.78 is 2.41. The van der Waals surface area contributed by atoms with Crippen LogP contribution in [-0.4, -0.2) is 14.5 Å². The Morgan fingerprint density at radius 1 is 0.347 bits per heavy atom. The zero-order valence-electron chi connectivity index (χ0n) is 26.7. The van der Waals surface area contributed by atoms with E-state index in [9.17, 15) is 0 Å². The molecular formula is C46H31N3. The van der Waals surface area contributed by atoms with Gasteiger partial charge in [-0.3, -0.25) is 0 Å². The fraction of sp³-hybridized carbons (Fsp3) is 0. The quantitative estimate of drug-likeness (QED) is 0.184. The summed E-state index contributed by atoms with van der Waals surface area (Å²) in [5.74, 6) is 0.692. The van der Waals surface area contributed by atoms with Gasteiger partial charge in [0.05, 0.1) is 22.4 Å². The molecule has 0 amide bonds. The lowest BCUT2D eigenvalue weighted by molar-refractivity contribution is 1.16. The van der Waals surface area contributed by atoms with Crippen molar-refractivity contribution >= 4 is 21.8 Å². The van der Waals surface area contributed by atoms with Crippen molar-refractivity contribution in [3.63, 3.8) is 0 Å². The van der Waals surface area contributed by atoms with Crippen molar-refractivity contribution in [2.45, 2.75) is 0 Å². The molecule has 9 rings (SSSR count). The summed E-state index contributed by atoms with van der Waals surface area (Å²) in [5.41, 5.74) is 13.0. The van der Waals surface area contributed by atoms with Crippen molar-refractivity contribution in [3.8, 4) is 61.8 Å². The normalized spacial score (nSPS) is 11.3. The van der Waals surface area contributed by atoms with Crippen molar-refractivity contribution in [1.82, 2.24) is 14.5 Å². The lowest BCUT2D eigenvalue weighted by Gasteiger charge is -2.15. The van der Waals surface area contributed by atoms with Gasteiger partial charge in [-0.25, -0.2) is 9.97 Å². The minimum atomic E-state index is 0.692. The van der Waals surface area contributed by atoms with E-state index in [0.717, 1.165) is 39.3 Å². The molecule has 0 aliphatic rings. The first kappa shape index (κ1) is 28.6. The van der Waals surface area contributed by atoms with E-state index in [4.69, 9.17) is 9.97 Å². The van der Waals surface area contributed by atoms with Crippen molar-refractivity contribution < 1.29 is 0 Å². The van der Waals surface area contributed by atoms with E-state index in [1.807, 2.05) is 12.1 Å². The van der Waals surface area contributed by atoms with E-state index >= 15 is 0 Å². The lowest BCUT2D eigenvalue weighted by Crippen LogP contribution is -1.99. The van der Waals surface area contributed by atoms with Crippen LogP contribution in [0.15, 0.2) is 188 Å². The SMILES string of the molecule is c1ccc(-c2cc(-c3ccccc3)c3c(c2)c2ccccc2n3-c2cccc(-c3nc(-c4ccccc4)cc(-c4ccccc4)n3)c2)cc1. The molecule has 0 fully saturated rings. The van der Waals surface area contributed by atoms with Crippen LogP contribution in [0.25, 0.3) is 83.6 Å². The largest absolute Gasteiger partial charge is 0.309 e. The zero-order valence-corrected chi connectivity index (χ0v) is 26.7. The van der Waals surface area contributed by atoms with Crippen molar-refractivity contribution in [2.75, 3.05) is 0 Å². The third kappa shape index (κ3) is 5.28. The first-order valence-corrected chi connectivity index (χ1v) is 16.6. The molecule has 0 radical (unpaired) electrons. The Kier molecular flexibility index (Phi) is 7.14. The van der Waals surface area contributed by atoms with Crippen LogP contribution in [0, 0.1) is 0 Å². The molecule has 2 aromatic heterocycles. The molecule has 0 bridgehead atoms. The van der Waals surface area contributed by atoms with E-state index in [1.165, 1.54) is 38.5 Å². The fourth-order valence-corrected chi connectivity index (χ4v) is 6.87. The molecule has 3 heteroatoms. The van der Waals surface area contributed by atoms with Gasteiger partial charge in [-0.1, -0.05) is 152 Å². The number of hydrogen-bond donors (Lipinski definition) is 0. The average molecular weight is 626 g/mol. The van der Waals surface area contributed by atoms with Crippen LogP contribution in [0.5, 0.6) is 0 Å². The number of hydrogen-bond acceptors (Lipinski definition) is 2. The molecule has 7 aromatic carbocycles. The van der Waals surface area contributed by atoms with E-state index in [-0.39, 0.29) is 0 Å². The second-order valence-electron chi connectivity index (χ2n) is 12.2. The Morgan fingerprint density at radius 2 is 0.878 bits per heavy atom. The van der Waals surface area contributed by atoms with Gasteiger partial charge >= 0.3 is 0 Å². The van der Waals surface area contributed by atoms with Gasteiger partial charge < -0.3 is 4.57 Å². The summed E-state index contributed by atoms with van der Waals surface area (Å²) in [6.45, 7) is 0. The molecule has 0 N–H and O–H groups in total. The van der Waals surface area contributed by atoms with Gasteiger partial charge in [0.25, 0.3) is 0 Å².